The van der Waals surface area contributed by atoms with E-state index >= 15 is 0 Å². The zero-order valence-corrected chi connectivity index (χ0v) is 24.8. The SMILES string of the molecule is CCCCCCCCCCC/C=C/CCCC(=O)C1=[N+](CC(O)CS(=O)(=O)[O-])CCN1CCO.[Na+]. The molecule has 1 aliphatic rings. The number of Topliss-reactive ketones (excluding diaryl/α,β-unsaturated/α-hetero) is 1. The van der Waals surface area contributed by atoms with Gasteiger partial charge in [-0.25, -0.2) is 8.42 Å². The van der Waals surface area contributed by atoms with Crippen LogP contribution in [0.3, 0.4) is 0 Å². The largest absolute Gasteiger partial charge is 1.00 e. The zero-order chi connectivity index (χ0) is 25.2. The molecule has 8 nitrogen and oxygen atoms in total. The van der Waals surface area contributed by atoms with Crippen molar-refractivity contribution >= 4 is 21.7 Å². The van der Waals surface area contributed by atoms with Crippen molar-refractivity contribution < 1.29 is 62.1 Å². The van der Waals surface area contributed by atoms with E-state index in [2.05, 4.69) is 19.1 Å². The minimum absolute atomic E-state index is 0. The molecule has 198 valence electrons. The predicted molar refractivity (Wildman–Crippen MR) is 134 cm³/mol. The van der Waals surface area contributed by atoms with Crippen LogP contribution in [0.15, 0.2) is 12.2 Å². The number of aliphatic hydroxyl groups is 2. The van der Waals surface area contributed by atoms with Gasteiger partial charge in [-0.2, -0.15) is 0 Å². The average molecular weight is 526 g/mol. The Hall–Kier alpha value is -0.290. The second kappa shape index (κ2) is 20.7. The van der Waals surface area contributed by atoms with Crippen molar-refractivity contribution in [1.82, 2.24) is 4.90 Å². The first-order valence-electron chi connectivity index (χ1n) is 13.1. The fraction of sp³-hybridized carbons (Fsp3) is 0.840. The third kappa shape index (κ3) is 17.0. The van der Waals surface area contributed by atoms with Gasteiger partial charge in [-0.05, 0) is 25.7 Å². The van der Waals surface area contributed by atoms with Crippen LogP contribution in [0.25, 0.3) is 0 Å². The van der Waals surface area contributed by atoms with Gasteiger partial charge in [0.05, 0.1) is 22.5 Å². The van der Waals surface area contributed by atoms with E-state index in [4.69, 9.17) is 0 Å². The van der Waals surface area contributed by atoms with Gasteiger partial charge in [0.2, 0.25) is 5.78 Å². The zero-order valence-electron chi connectivity index (χ0n) is 22.0. The van der Waals surface area contributed by atoms with E-state index in [1.807, 2.05) is 0 Å². The molecular weight excluding hydrogens is 479 g/mol. The minimum Gasteiger partial charge on any atom is -0.748 e. The summed E-state index contributed by atoms with van der Waals surface area (Å²) in [4.78, 5) is 14.6. The number of unbranched alkanes of at least 4 members (excludes halogenated alkanes) is 10. The molecule has 0 bridgehead atoms. The molecule has 10 heteroatoms. The van der Waals surface area contributed by atoms with E-state index in [-0.39, 0.29) is 48.5 Å². The number of rotatable bonds is 21. The molecule has 0 saturated heterocycles. The van der Waals surface area contributed by atoms with Crippen molar-refractivity contribution in [2.75, 3.05) is 38.5 Å². The quantitative estimate of drug-likeness (QED) is 0.0702. The molecule has 0 aromatic carbocycles. The van der Waals surface area contributed by atoms with Gasteiger partial charge in [-0.15, -0.1) is 0 Å². The summed E-state index contributed by atoms with van der Waals surface area (Å²) >= 11 is 0. The van der Waals surface area contributed by atoms with Gasteiger partial charge >= 0.3 is 35.4 Å². The number of hydrogen-bond acceptors (Lipinski definition) is 7. The maximum Gasteiger partial charge on any atom is 1.00 e. The van der Waals surface area contributed by atoms with Crippen molar-refractivity contribution in [3.8, 4) is 0 Å². The molecule has 2 N–H and O–H groups in total. The standard InChI is InChI=1S/C25H46N2O6S.Na/c1-2-3-4-5-6-7-8-9-10-11-12-13-14-15-16-24(30)25-26(19-20-28)17-18-27(25)21-23(29)22-34(31,32)33;/h12-13,23,28-29H,2-11,14-22H2,1H3;/q;+1/b13-12+;. The van der Waals surface area contributed by atoms with Crippen LogP contribution in [0.1, 0.15) is 90.4 Å². The van der Waals surface area contributed by atoms with Gasteiger partial charge < -0.3 is 14.8 Å². The summed E-state index contributed by atoms with van der Waals surface area (Å²) in [5, 5.41) is 19.2. The molecule has 1 atom stereocenters. The number of allylic oxidation sites excluding steroid dienone is 2. The Morgan fingerprint density at radius 3 is 2.20 bits per heavy atom. The number of ketones is 1. The molecule has 0 spiro atoms. The van der Waals surface area contributed by atoms with Gasteiger partial charge in [0.15, 0.2) is 0 Å². The maximum atomic E-state index is 12.8. The summed E-state index contributed by atoms with van der Waals surface area (Å²) in [5.41, 5.74) is 0. The van der Waals surface area contributed by atoms with E-state index in [9.17, 15) is 28.0 Å². The topological polar surface area (TPSA) is 121 Å². The molecule has 35 heavy (non-hydrogen) atoms. The Balaban J connectivity index is 0.0000116. The Bertz CT molecular complexity index is 742. The monoisotopic (exact) mass is 525 g/mol. The van der Waals surface area contributed by atoms with Gasteiger partial charge in [0, 0.05) is 6.42 Å². The second-order valence-electron chi connectivity index (χ2n) is 9.26. The summed E-state index contributed by atoms with van der Waals surface area (Å²) < 4.78 is 34.3. The van der Waals surface area contributed by atoms with E-state index in [0.717, 1.165) is 12.8 Å². The van der Waals surface area contributed by atoms with Crippen LogP contribution in [-0.2, 0) is 14.9 Å². The molecule has 0 aromatic heterocycles. The smallest absolute Gasteiger partial charge is 0.748 e. The summed E-state index contributed by atoms with van der Waals surface area (Å²) in [6.45, 7) is 3.29. The fourth-order valence-corrected chi connectivity index (χ4v) is 4.94. The van der Waals surface area contributed by atoms with Crippen LogP contribution in [0, 0.1) is 0 Å². The van der Waals surface area contributed by atoms with Gasteiger partial charge in [-0.3, -0.25) is 14.3 Å². The molecule has 0 amide bonds. The van der Waals surface area contributed by atoms with Crippen LogP contribution in [0.2, 0.25) is 0 Å². The Morgan fingerprint density at radius 2 is 1.63 bits per heavy atom. The number of β-amino-alcohol motifs (C(OH)–C–C–N with tert-alkyl or cyclic N) is 2. The average Bonchev–Trinajstić information content (AvgIpc) is 3.14. The van der Waals surface area contributed by atoms with Crippen LogP contribution in [-0.4, -0.2) is 88.9 Å². The number of carbonyl (C=O) groups excluding carboxylic acids is 1. The van der Waals surface area contributed by atoms with Gasteiger partial charge in [-0.1, -0.05) is 70.4 Å². The second-order valence-corrected chi connectivity index (χ2v) is 10.7. The summed E-state index contributed by atoms with van der Waals surface area (Å²) in [7, 11) is -4.55. The molecule has 0 aliphatic carbocycles. The van der Waals surface area contributed by atoms with Gasteiger partial charge in [0.25, 0.3) is 0 Å². The van der Waals surface area contributed by atoms with Crippen molar-refractivity contribution in [2.45, 2.75) is 96.5 Å². The first kappa shape index (κ1) is 34.7. The number of amidine groups is 1. The number of hydrogen-bond donors (Lipinski definition) is 2. The van der Waals surface area contributed by atoms with Crippen molar-refractivity contribution in [3.63, 3.8) is 0 Å². The van der Waals surface area contributed by atoms with Crippen LogP contribution in [0.5, 0.6) is 0 Å². The van der Waals surface area contributed by atoms with E-state index < -0.39 is 22.0 Å². The number of aliphatic hydroxyl groups excluding tert-OH is 2. The first-order chi connectivity index (χ1) is 16.3. The van der Waals surface area contributed by atoms with E-state index in [1.165, 1.54) is 57.8 Å². The molecule has 1 rings (SSSR count). The fourth-order valence-electron chi connectivity index (χ4n) is 4.37. The Labute approximate surface area is 234 Å². The van der Waals surface area contributed by atoms with Crippen molar-refractivity contribution in [1.29, 1.82) is 0 Å². The minimum atomic E-state index is -4.55. The van der Waals surface area contributed by atoms with E-state index in [0.29, 0.717) is 38.3 Å². The van der Waals surface area contributed by atoms with Crippen LogP contribution >= 0.6 is 0 Å². The number of nitrogens with zero attached hydrogens (tertiary/aromatic N) is 2. The summed E-state index contributed by atoms with van der Waals surface area (Å²) in [6.07, 6.45) is 17.7. The molecule has 0 radical (unpaired) electrons. The molecule has 1 heterocycles. The molecule has 1 aliphatic heterocycles. The van der Waals surface area contributed by atoms with Crippen LogP contribution in [0.4, 0.5) is 0 Å². The molecule has 1 unspecified atom stereocenters. The van der Waals surface area contributed by atoms with Crippen molar-refractivity contribution in [2.24, 2.45) is 0 Å². The first-order valence-corrected chi connectivity index (χ1v) is 14.6. The Kier molecular flexibility index (Phi) is 20.6. The molecule has 0 saturated carbocycles. The van der Waals surface area contributed by atoms with Crippen molar-refractivity contribution in [3.05, 3.63) is 12.2 Å². The molecule has 0 fully saturated rings. The summed E-state index contributed by atoms with van der Waals surface area (Å²) in [5.74, 6) is -0.570. The molecule has 0 aromatic rings. The maximum absolute atomic E-state index is 12.8. The van der Waals surface area contributed by atoms with Crippen LogP contribution < -0.4 is 29.6 Å². The number of carbonyl (C=O) groups is 1. The third-order valence-electron chi connectivity index (χ3n) is 6.10. The Morgan fingerprint density at radius 1 is 1.06 bits per heavy atom. The predicted octanol–water partition coefficient (Wildman–Crippen LogP) is -0.168. The normalized spacial score (nSPS) is 15.1. The van der Waals surface area contributed by atoms with E-state index in [1.54, 1.807) is 9.48 Å². The summed E-state index contributed by atoms with van der Waals surface area (Å²) in [6, 6.07) is 0. The third-order valence-corrected chi connectivity index (χ3v) is 6.89. The van der Waals surface area contributed by atoms with Gasteiger partial charge in [0.1, 0.15) is 32.3 Å². The molecular formula is C25H46N2NaO6S+.